The Morgan fingerprint density at radius 2 is 1.70 bits per heavy atom. The lowest BCUT2D eigenvalue weighted by molar-refractivity contribution is 0.102. The summed E-state index contributed by atoms with van der Waals surface area (Å²) in [6, 6.07) is 24.1. The first kappa shape index (κ1) is 19.7. The van der Waals surface area contributed by atoms with Gasteiger partial charge in [-0.2, -0.15) is 5.10 Å². The lowest BCUT2D eigenvalue weighted by Gasteiger charge is -2.30. The van der Waals surface area contributed by atoms with Gasteiger partial charge in [0.1, 0.15) is 5.82 Å². The predicted octanol–water partition coefficient (Wildman–Crippen LogP) is 5.16. The molecule has 0 atom stereocenters. The summed E-state index contributed by atoms with van der Waals surface area (Å²) < 4.78 is 0. The molecule has 164 valence electrons. The molecule has 1 saturated carbocycles. The molecule has 1 aliphatic heterocycles. The van der Waals surface area contributed by atoms with E-state index in [0.717, 1.165) is 42.3 Å². The van der Waals surface area contributed by atoms with E-state index >= 15 is 0 Å². The standard InChI is InChI=1S/C27H25N5O/c33-27(28-23-11-7-20(8-12-23)26-29-25(30-31-26)19-5-6-19)21-9-13-24(14-10-21)32-16-15-18-3-1-2-4-22(18)17-32/h1-4,7-14,19H,5-6,15-17H2,(H,28,33)(H,29,30,31). The summed E-state index contributed by atoms with van der Waals surface area (Å²) in [5.74, 6) is 2.10. The molecule has 3 aromatic carbocycles. The van der Waals surface area contributed by atoms with Gasteiger partial charge < -0.3 is 10.2 Å². The second-order valence-corrected chi connectivity index (χ2v) is 8.84. The molecule has 1 amide bonds. The Kier molecular flexibility index (Phi) is 4.91. The molecule has 0 unspecified atom stereocenters. The summed E-state index contributed by atoms with van der Waals surface area (Å²) in [5.41, 5.74) is 6.28. The average Bonchev–Trinajstić information content (AvgIpc) is 3.61. The molecule has 0 radical (unpaired) electrons. The van der Waals surface area contributed by atoms with E-state index < -0.39 is 0 Å². The smallest absolute Gasteiger partial charge is 0.255 e. The van der Waals surface area contributed by atoms with Gasteiger partial charge in [-0.3, -0.25) is 9.89 Å². The Hall–Kier alpha value is -3.93. The molecular formula is C27H25N5O. The summed E-state index contributed by atoms with van der Waals surface area (Å²) in [6.07, 6.45) is 3.42. The van der Waals surface area contributed by atoms with Crippen molar-refractivity contribution in [1.82, 2.24) is 15.2 Å². The third-order valence-electron chi connectivity index (χ3n) is 6.49. The van der Waals surface area contributed by atoms with E-state index in [9.17, 15) is 4.79 Å². The Morgan fingerprint density at radius 3 is 2.45 bits per heavy atom. The Morgan fingerprint density at radius 1 is 0.939 bits per heavy atom. The second-order valence-electron chi connectivity index (χ2n) is 8.84. The molecule has 0 spiro atoms. The molecule has 0 bridgehead atoms. The number of aromatic nitrogens is 3. The number of hydrogen-bond acceptors (Lipinski definition) is 4. The molecule has 6 heteroatoms. The molecule has 6 rings (SSSR count). The van der Waals surface area contributed by atoms with Gasteiger partial charge in [0.25, 0.3) is 5.91 Å². The number of anilines is 2. The van der Waals surface area contributed by atoms with Crippen molar-refractivity contribution in [3.05, 3.63) is 95.3 Å². The summed E-state index contributed by atoms with van der Waals surface area (Å²) >= 11 is 0. The van der Waals surface area contributed by atoms with Crippen LogP contribution in [0.15, 0.2) is 72.8 Å². The Balaban J connectivity index is 1.10. The van der Waals surface area contributed by atoms with E-state index in [1.807, 2.05) is 48.5 Å². The second kappa shape index (κ2) is 8.20. The molecule has 33 heavy (non-hydrogen) atoms. The van der Waals surface area contributed by atoms with Crippen LogP contribution in [-0.2, 0) is 13.0 Å². The number of carbonyl (C=O) groups is 1. The zero-order valence-electron chi connectivity index (χ0n) is 18.3. The highest BCUT2D eigenvalue weighted by molar-refractivity contribution is 6.04. The number of carbonyl (C=O) groups excluding carboxylic acids is 1. The van der Waals surface area contributed by atoms with Crippen molar-refractivity contribution >= 4 is 17.3 Å². The van der Waals surface area contributed by atoms with Crippen molar-refractivity contribution in [3.8, 4) is 11.4 Å². The van der Waals surface area contributed by atoms with Crippen LogP contribution >= 0.6 is 0 Å². The first-order valence-electron chi connectivity index (χ1n) is 11.5. The molecule has 1 aliphatic carbocycles. The fourth-order valence-corrected chi connectivity index (χ4v) is 4.39. The van der Waals surface area contributed by atoms with Crippen LogP contribution in [0.2, 0.25) is 0 Å². The van der Waals surface area contributed by atoms with Gasteiger partial charge in [0.05, 0.1) is 0 Å². The number of rotatable bonds is 5. The summed E-state index contributed by atoms with van der Waals surface area (Å²) in [4.78, 5) is 19.7. The molecule has 0 saturated heterocycles. The minimum atomic E-state index is -0.118. The third kappa shape index (κ3) is 4.12. The lowest BCUT2D eigenvalue weighted by Crippen LogP contribution is -2.30. The number of fused-ring (bicyclic) bond motifs is 1. The highest BCUT2D eigenvalue weighted by Gasteiger charge is 2.27. The zero-order valence-corrected chi connectivity index (χ0v) is 18.3. The van der Waals surface area contributed by atoms with Gasteiger partial charge >= 0.3 is 0 Å². The van der Waals surface area contributed by atoms with Crippen LogP contribution in [0, 0.1) is 0 Å². The van der Waals surface area contributed by atoms with E-state index in [4.69, 9.17) is 0 Å². The van der Waals surface area contributed by atoms with Crippen molar-refractivity contribution in [2.24, 2.45) is 0 Å². The van der Waals surface area contributed by atoms with Crippen LogP contribution in [0.4, 0.5) is 11.4 Å². The van der Waals surface area contributed by atoms with Crippen molar-refractivity contribution < 1.29 is 4.79 Å². The predicted molar refractivity (Wildman–Crippen MR) is 129 cm³/mol. The van der Waals surface area contributed by atoms with Crippen molar-refractivity contribution in [2.75, 3.05) is 16.8 Å². The van der Waals surface area contributed by atoms with Gasteiger partial charge in [-0.15, -0.1) is 0 Å². The first-order chi connectivity index (χ1) is 16.2. The van der Waals surface area contributed by atoms with Gasteiger partial charge in [0.15, 0.2) is 5.82 Å². The number of nitrogens with zero attached hydrogens (tertiary/aromatic N) is 3. The fourth-order valence-electron chi connectivity index (χ4n) is 4.39. The van der Waals surface area contributed by atoms with Gasteiger partial charge in [0.2, 0.25) is 0 Å². The normalized spacial score (nSPS) is 15.2. The van der Waals surface area contributed by atoms with Crippen LogP contribution in [0.25, 0.3) is 11.4 Å². The first-order valence-corrected chi connectivity index (χ1v) is 11.5. The molecule has 2 heterocycles. The van der Waals surface area contributed by atoms with Crippen molar-refractivity contribution in [2.45, 2.75) is 31.7 Å². The van der Waals surface area contributed by atoms with Crippen LogP contribution in [0.5, 0.6) is 0 Å². The summed E-state index contributed by atoms with van der Waals surface area (Å²) in [7, 11) is 0. The van der Waals surface area contributed by atoms with E-state index in [0.29, 0.717) is 17.3 Å². The number of aromatic amines is 1. The molecular weight excluding hydrogens is 410 g/mol. The largest absolute Gasteiger partial charge is 0.367 e. The summed E-state index contributed by atoms with van der Waals surface area (Å²) in [5, 5.41) is 10.3. The maximum atomic E-state index is 12.8. The number of H-pyrrole nitrogens is 1. The maximum Gasteiger partial charge on any atom is 0.255 e. The SMILES string of the molecule is O=C(Nc1ccc(-c2n[nH]c(C3CC3)n2)cc1)c1ccc(N2CCc3ccccc3C2)cc1. The highest BCUT2D eigenvalue weighted by atomic mass is 16.1. The minimum absolute atomic E-state index is 0.118. The quantitative estimate of drug-likeness (QED) is 0.454. The van der Waals surface area contributed by atoms with E-state index in [2.05, 4.69) is 49.7 Å². The number of benzene rings is 3. The van der Waals surface area contributed by atoms with Crippen LogP contribution in [0.3, 0.4) is 0 Å². The monoisotopic (exact) mass is 435 g/mol. The molecule has 2 N–H and O–H groups in total. The molecule has 1 fully saturated rings. The average molecular weight is 436 g/mol. The lowest BCUT2D eigenvalue weighted by atomic mass is 9.99. The number of hydrogen-bond donors (Lipinski definition) is 2. The van der Waals surface area contributed by atoms with Crippen molar-refractivity contribution in [1.29, 1.82) is 0 Å². The van der Waals surface area contributed by atoms with Gasteiger partial charge in [0, 0.05) is 41.5 Å². The maximum absolute atomic E-state index is 12.8. The molecule has 1 aromatic heterocycles. The highest BCUT2D eigenvalue weighted by Crippen LogP contribution is 2.38. The van der Waals surface area contributed by atoms with Crippen LogP contribution in [-0.4, -0.2) is 27.6 Å². The van der Waals surface area contributed by atoms with Crippen molar-refractivity contribution in [3.63, 3.8) is 0 Å². The van der Waals surface area contributed by atoms with Crippen LogP contribution < -0.4 is 10.2 Å². The molecule has 4 aromatic rings. The van der Waals surface area contributed by atoms with Gasteiger partial charge in [-0.25, -0.2) is 4.98 Å². The molecule has 2 aliphatic rings. The topological polar surface area (TPSA) is 73.9 Å². The van der Waals surface area contributed by atoms with E-state index in [-0.39, 0.29) is 5.91 Å². The third-order valence-corrected chi connectivity index (χ3v) is 6.49. The van der Waals surface area contributed by atoms with Gasteiger partial charge in [-0.05, 0) is 78.9 Å². The van der Waals surface area contributed by atoms with Gasteiger partial charge in [-0.1, -0.05) is 24.3 Å². The fraction of sp³-hybridized carbons (Fsp3) is 0.222. The molecule has 6 nitrogen and oxygen atoms in total. The summed E-state index contributed by atoms with van der Waals surface area (Å²) in [6.45, 7) is 1.89. The zero-order chi connectivity index (χ0) is 22.2. The van der Waals surface area contributed by atoms with E-state index in [1.54, 1.807) is 0 Å². The Labute approximate surface area is 192 Å². The van der Waals surface area contributed by atoms with E-state index in [1.165, 1.54) is 24.0 Å². The number of amides is 1. The number of nitrogens with one attached hydrogen (secondary N) is 2. The van der Waals surface area contributed by atoms with Crippen LogP contribution in [0.1, 0.15) is 46.1 Å². The minimum Gasteiger partial charge on any atom is -0.367 e. The Bertz CT molecular complexity index is 1290.